The van der Waals surface area contributed by atoms with Gasteiger partial charge in [0.15, 0.2) is 0 Å². The third kappa shape index (κ3) is 5.41. The number of rotatable bonds is 8. The number of methoxy groups -OCH3 is 1. The van der Waals surface area contributed by atoms with Crippen LogP contribution in [0, 0.1) is 0 Å². The highest BCUT2D eigenvalue weighted by Gasteiger charge is 2.12. The summed E-state index contributed by atoms with van der Waals surface area (Å²) in [5.74, 6) is -0.395. The fourth-order valence-corrected chi connectivity index (χ4v) is 1.58. The minimum atomic E-state index is -0.498. The second-order valence-corrected chi connectivity index (χ2v) is 4.21. The molecule has 0 unspecified atom stereocenters. The first kappa shape index (κ1) is 16.9. The molecule has 7 nitrogen and oxygen atoms in total. The number of anilines is 1. The molecule has 0 heterocycles. The zero-order valence-electron chi connectivity index (χ0n) is 11.9. The molecule has 1 aromatic rings. The molecule has 0 aliphatic rings. The standard InChI is InChI=1S/C14H20N2O5/c1-20-14(19)10-3-4-11(16-13(18)5-6-15)12(9-10)21-8-2-7-17/h3-4,9,17H,2,5-8,15H2,1H3,(H,16,18). The normalized spacial score (nSPS) is 10.0. The van der Waals surface area contributed by atoms with E-state index in [1.54, 1.807) is 6.07 Å². The Morgan fingerprint density at radius 1 is 1.38 bits per heavy atom. The average molecular weight is 296 g/mol. The Hall–Kier alpha value is -2.12. The van der Waals surface area contributed by atoms with Gasteiger partial charge in [0.2, 0.25) is 5.91 Å². The van der Waals surface area contributed by atoms with E-state index in [0.717, 1.165) is 0 Å². The SMILES string of the molecule is COC(=O)c1ccc(NC(=O)CCN)c(OCCCO)c1. The number of ether oxygens (including phenoxy) is 2. The smallest absolute Gasteiger partial charge is 0.337 e. The third-order valence-electron chi connectivity index (χ3n) is 2.61. The number of amides is 1. The summed E-state index contributed by atoms with van der Waals surface area (Å²) >= 11 is 0. The van der Waals surface area contributed by atoms with Crippen molar-refractivity contribution in [3.05, 3.63) is 23.8 Å². The van der Waals surface area contributed by atoms with Crippen molar-refractivity contribution >= 4 is 17.6 Å². The second kappa shape index (κ2) is 8.93. The average Bonchev–Trinajstić information content (AvgIpc) is 2.48. The van der Waals surface area contributed by atoms with Crippen molar-refractivity contribution in [1.29, 1.82) is 0 Å². The number of aliphatic hydroxyl groups excluding tert-OH is 1. The number of benzene rings is 1. The van der Waals surface area contributed by atoms with Gasteiger partial charge in [0.25, 0.3) is 0 Å². The number of esters is 1. The van der Waals surface area contributed by atoms with E-state index in [1.807, 2.05) is 0 Å². The molecule has 0 radical (unpaired) electrons. The molecule has 0 bridgehead atoms. The Morgan fingerprint density at radius 2 is 2.14 bits per heavy atom. The minimum absolute atomic E-state index is 0.00837. The lowest BCUT2D eigenvalue weighted by Gasteiger charge is -2.13. The van der Waals surface area contributed by atoms with Gasteiger partial charge in [0, 0.05) is 26.0 Å². The quantitative estimate of drug-likeness (QED) is 0.476. The van der Waals surface area contributed by atoms with Gasteiger partial charge < -0.3 is 25.6 Å². The van der Waals surface area contributed by atoms with Crippen LogP contribution in [0.4, 0.5) is 5.69 Å². The van der Waals surface area contributed by atoms with Crippen LogP contribution in [0.25, 0.3) is 0 Å². The van der Waals surface area contributed by atoms with Crippen LogP contribution < -0.4 is 15.8 Å². The summed E-state index contributed by atoms with van der Waals surface area (Å²) in [6.45, 7) is 0.499. The molecule has 7 heteroatoms. The first-order valence-corrected chi connectivity index (χ1v) is 6.58. The van der Waals surface area contributed by atoms with E-state index in [2.05, 4.69) is 10.1 Å². The molecule has 21 heavy (non-hydrogen) atoms. The lowest BCUT2D eigenvalue weighted by Crippen LogP contribution is -2.17. The second-order valence-electron chi connectivity index (χ2n) is 4.21. The van der Waals surface area contributed by atoms with Crippen LogP contribution in [-0.4, -0.2) is 43.9 Å². The van der Waals surface area contributed by atoms with Crippen LogP contribution in [0.1, 0.15) is 23.2 Å². The van der Waals surface area contributed by atoms with Crippen LogP contribution in [0.3, 0.4) is 0 Å². The summed E-state index contributed by atoms with van der Waals surface area (Å²) < 4.78 is 10.1. The molecular weight excluding hydrogens is 276 g/mol. The Bertz CT molecular complexity index is 490. The molecule has 0 aliphatic carbocycles. The Balaban J connectivity index is 2.93. The first-order chi connectivity index (χ1) is 10.1. The van der Waals surface area contributed by atoms with Gasteiger partial charge in [0.05, 0.1) is 25.0 Å². The minimum Gasteiger partial charge on any atom is -0.491 e. The summed E-state index contributed by atoms with van der Waals surface area (Å²) in [6.07, 6.45) is 0.632. The monoisotopic (exact) mass is 296 g/mol. The van der Waals surface area contributed by atoms with Gasteiger partial charge in [0.1, 0.15) is 5.75 Å². The van der Waals surface area contributed by atoms with Gasteiger partial charge >= 0.3 is 5.97 Å². The van der Waals surface area contributed by atoms with Crippen molar-refractivity contribution in [3.8, 4) is 5.75 Å². The largest absolute Gasteiger partial charge is 0.491 e. The maximum absolute atomic E-state index is 11.6. The highest BCUT2D eigenvalue weighted by atomic mass is 16.5. The molecule has 0 aromatic heterocycles. The van der Waals surface area contributed by atoms with Gasteiger partial charge in [-0.25, -0.2) is 4.79 Å². The molecule has 0 saturated heterocycles. The number of carbonyl (C=O) groups is 2. The number of carbonyl (C=O) groups excluding carboxylic acids is 2. The fraction of sp³-hybridized carbons (Fsp3) is 0.429. The zero-order chi connectivity index (χ0) is 15.7. The van der Waals surface area contributed by atoms with Crippen LogP contribution in [-0.2, 0) is 9.53 Å². The molecule has 1 amide bonds. The van der Waals surface area contributed by atoms with Crippen LogP contribution in [0.5, 0.6) is 5.75 Å². The van der Waals surface area contributed by atoms with E-state index in [0.29, 0.717) is 23.4 Å². The molecule has 0 fully saturated rings. The molecule has 0 spiro atoms. The summed E-state index contributed by atoms with van der Waals surface area (Å²) in [4.78, 5) is 23.1. The van der Waals surface area contributed by atoms with E-state index in [1.165, 1.54) is 19.2 Å². The molecule has 4 N–H and O–H groups in total. The molecule has 1 rings (SSSR count). The predicted octanol–water partition coefficient (Wildman–Crippen LogP) is 0.522. The number of hydrogen-bond acceptors (Lipinski definition) is 6. The number of nitrogens with one attached hydrogen (secondary N) is 1. The lowest BCUT2D eigenvalue weighted by molar-refractivity contribution is -0.116. The van der Waals surface area contributed by atoms with Crippen LogP contribution in [0.15, 0.2) is 18.2 Å². The number of aliphatic hydroxyl groups is 1. The van der Waals surface area contributed by atoms with E-state index < -0.39 is 5.97 Å². The molecular formula is C14H20N2O5. The van der Waals surface area contributed by atoms with Crippen LogP contribution in [0.2, 0.25) is 0 Å². The Labute approximate surface area is 123 Å². The summed E-state index contributed by atoms with van der Waals surface area (Å²) in [5.41, 5.74) is 6.08. The van der Waals surface area contributed by atoms with E-state index in [4.69, 9.17) is 15.6 Å². The zero-order valence-corrected chi connectivity index (χ0v) is 11.9. The highest BCUT2D eigenvalue weighted by Crippen LogP contribution is 2.26. The van der Waals surface area contributed by atoms with Crippen molar-refractivity contribution in [2.24, 2.45) is 5.73 Å². The maximum Gasteiger partial charge on any atom is 0.337 e. The van der Waals surface area contributed by atoms with Crippen molar-refractivity contribution in [2.45, 2.75) is 12.8 Å². The lowest BCUT2D eigenvalue weighted by atomic mass is 10.2. The van der Waals surface area contributed by atoms with Gasteiger partial charge in [-0.1, -0.05) is 0 Å². The third-order valence-corrected chi connectivity index (χ3v) is 2.61. The van der Waals surface area contributed by atoms with Gasteiger partial charge in [-0.05, 0) is 18.2 Å². The van der Waals surface area contributed by atoms with Gasteiger partial charge in [-0.3, -0.25) is 4.79 Å². The molecule has 0 atom stereocenters. The van der Waals surface area contributed by atoms with E-state index in [9.17, 15) is 9.59 Å². The van der Waals surface area contributed by atoms with E-state index in [-0.39, 0.29) is 32.1 Å². The molecule has 1 aromatic carbocycles. The Kier molecular flexibility index (Phi) is 7.20. The highest BCUT2D eigenvalue weighted by molar-refractivity contribution is 5.95. The van der Waals surface area contributed by atoms with Crippen molar-refractivity contribution < 1.29 is 24.2 Å². The summed E-state index contributed by atoms with van der Waals surface area (Å²) in [7, 11) is 1.28. The van der Waals surface area contributed by atoms with Crippen molar-refractivity contribution in [2.75, 3.05) is 32.2 Å². The fourth-order valence-electron chi connectivity index (χ4n) is 1.58. The number of nitrogens with two attached hydrogens (primary N) is 1. The summed E-state index contributed by atoms with van der Waals surface area (Å²) in [5, 5.41) is 11.4. The number of hydrogen-bond donors (Lipinski definition) is 3. The molecule has 0 aliphatic heterocycles. The first-order valence-electron chi connectivity index (χ1n) is 6.58. The Morgan fingerprint density at radius 3 is 2.76 bits per heavy atom. The molecule has 0 saturated carbocycles. The molecule has 116 valence electrons. The topological polar surface area (TPSA) is 111 Å². The van der Waals surface area contributed by atoms with Crippen molar-refractivity contribution in [3.63, 3.8) is 0 Å². The van der Waals surface area contributed by atoms with Gasteiger partial charge in [-0.2, -0.15) is 0 Å². The predicted molar refractivity (Wildman–Crippen MR) is 77.3 cm³/mol. The van der Waals surface area contributed by atoms with Crippen molar-refractivity contribution in [1.82, 2.24) is 0 Å². The summed E-state index contributed by atoms with van der Waals surface area (Å²) in [6, 6.07) is 4.58. The van der Waals surface area contributed by atoms with E-state index >= 15 is 0 Å². The van der Waals surface area contributed by atoms with Gasteiger partial charge in [-0.15, -0.1) is 0 Å². The van der Waals surface area contributed by atoms with Crippen LogP contribution >= 0.6 is 0 Å². The maximum atomic E-state index is 11.6.